The lowest BCUT2D eigenvalue weighted by atomic mass is 10.1. The van der Waals surface area contributed by atoms with Gasteiger partial charge in [0.05, 0.1) is 5.75 Å². The summed E-state index contributed by atoms with van der Waals surface area (Å²) in [5.74, 6) is 2.17. The summed E-state index contributed by atoms with van der Waals surface area (Å²) in [6, 6.07) is 7.71. The molecule has 1 aromatic carbocycles. The normalized spacial score (nSPS) is 18.6. The molecule has 2 rings (SSSR count). The van der Waals surface area contributed by atoms with Crippen LogP contribution in [0.4, 0.5) is 0 Å². The SMILES string of the molecule is CCC1CN(C(=NC)NCc2ccc(CS(C)(=O)=O)cc2)CCS1.I. The molecule has 1 aliphatic heterocycles. The van der Waals surface area contributed by atoms with Gasteiger partial charge in [-0.05, 0) is 17.5 Å². The molecule has 1 aromatic rings. The summed E-state index contributed by atoms with van der Waals surface area (Å²) >= 11 is 2.04. The van der Waals surface area contributed by atoms with E-state index in [0.717, 1.165) is 35.9 Å². The van der Waals surface area contributed by atoms with E-state index in [1.165, 1.54) is 12.7 Å². The van der Waals surface area contributed by atoms with E-state index < -0.39 is 9.84 Å². The van der Waals surface area contributed by atoms with E-state index in [0.29, 0.717) is 11.8 Å². The Balaban J connectivity index is 0.00000312. The van der Waals surface area contributed by atoms with Gasteiger partial charge in [-0.1, -0.05) is 31.2 Å². The lowest BCUT2D eigenvalue weighted by molar-refractivity contribution is 0.408. The summed E-state index contributed by atoms with van der Waals surface area (Å²) < 4.78 is 22.7. The van der Waals surface area contributed by atoms with Crippen LogP contribution >= 0.6 is 35.7 Å². The maximum atomic E-state index is 11.3. The standard InChI is InChI=1S/C17H27N3O2S2.HI/c1-4-16-12-20(9-10-23-16)17(18-2)19-11-14-5-7-15(8-6-14)13-24(3,21)22;/h5-8,16H,4,9-13H2,1-3H3,(H,18,19);1H. The summed E-state index contributed by atoms with van der Waals surface area (Å²) in [5.41, 5.74) is 1.94. The lowest BCUT2D eigenvalue weighted by Gasteiger charge is -2.34. The van der Waals surface area contributed by atoms with Gasteiger partial charge in [-0.25, -0.2) is 8.42 Å². The number of rotatable bonds is 5. The first-order valence-electron chi connectivity index (χ1n) is 8.24. The molecular formula is C17H28IN3O2S2. The second-order valence-electron chi connectivity index (χ2n) is 6.13. The van der Waals surface area contributed by atoms with Gasteiger partial charge in [-0.2, -0.15) is 11.8 Å². The zero-order chi connectivity index (χ0) is 17.6. The number of sulfone groups is 1. The minimum Gasteiger partial charge on any atom is -0.352 e. The van der Waals surface area contributed by atoms with Gasteiger partial charge in [-0.15, -0.1) is 24.0 Å². The van der Waals surface area contributed by atoms with E-state index in [1.807, 2.05) is 43.1 Å². The Bertz CT molecular complexity index is 663. The first kappa shape index (κ1) is 22.6. The Morgan fingerprint density at radius 3 is 2.52 bits per heavy atom. The Labute approximate surface area is 173 Å². The van der Waals surface area contributed by atoms with Crippen molar-refractivity contribution in [3.05, 3.63) is 35.4 Å². The fourth-order valence-electron chi connectivity index (χ4n) is 2.73. The third-order valence-corrected chi connectivity index (χ3v) is 6.24. The molecule has 1 heterocycles. The van der Waals surface area contributed by atoms with Crippen LogP contribution in [-0.2, 0) is 22.1 Å². The third kappa shape index (κ3) is 7.74. The summed E-state index contributed by atoms with van der Waals surface area (Å²) in [6.07, 6.45) is 2.44. The van der Waals surface area contributed by atoms with Gasteiger partial charge in [0.2, 0.25) is 0 Å². The monoisotopic (exact) mass is 497 g/mol. The van der Waals surface area contributed by atoms with E-state index in [-0.39, 0.29) is 29.7 Å². The van der Waals surface area contributed by atoms with Gasteiger partial charge in [0.25, 0.3) is 0 Å². The maximum Gasteiger partial charge on any atom is 0.193 e. The largest absolute Gasteiger partial charge is 0.352 e. The number of nitrogens with zero attached hydrogens (tertiary/aromatic N) is 2. The predicted molar refractivity (Wildman–Crippen MR) is 119 cm³/mol. The average molecular weight is 497 g/mol. The fraction of sp³-hybridized carbons (Fsp3) is 0.588. The molecule has 0 aliphatic carbocycles. The predicted octanol–water partition coefficient (Wildman–Crippen LogP) is 2.75. The Morgan fingerprint density at radius 2 is 1.96 bits per heavy atom. The van der Waals surface area contributed by atoms with Crippen molar-refractivity contribution in [2.24, 2.45) is 4.99 Å². The van der Waals surface area contributed by atoms with Crippen LogP contribution in [0.3, 0.4) is 0 Å². The second-order valence-corrected chi connectivity index (χ2v) is 9.68. The molecule has 1 N–H and O–H groups in total. The maximum absolute atomic E-state index is 11.3. The van der Waals surface area contributed by atoms with Crippen molar-refractivity contribution in [3.63, 3.8) is 0 Å². The van der Waals surface area contributed by atoms with Gasteiger partial charge in [0, 0.05) is 43.9 Å². The third-order valence-electron chi connectivity index (χ3n) is 4.01. The number of guanidine groups is 1. The Kier molecular flexibility index (Phi) is 9.58. The molecule has 1 atom stereocenters. The molecule has 0 amide bonds. The molecule has 142 valence electrons. The molecule has 25 heavy (non-hydrogen) atoms. The fourth-order valence-corrected chi connectivity index (χ4v) is 4.71. The molecule has 1 fully saturated rings. The molecule has 5 nitrogen and oxygen atoms in total. The van der Waals surface area contributed by atoms with Gasteiger partial charge in [0.15, 0.2) is 15.8 Å². The van der Waals surface area contributed by atoms with Crippen LogP contribution in [0, 0.1) is 0 Å². The van der Waals surface area contributed by atoms with E-state index >= 15 is 0 Å². The van der Waals surface area contributed by atoms with Crippen LogP contribution in [0.5, 0.6) is 0 Å². The number of hydrogen-bond acceptors (Lipinski definition) is 4. The summed E-state index contributed by atoms with van der Waals surface area (Å²) in [5, 5.41) is 4.09. The zero-order valence-corrected chi connectivity index (χ0v) is 19.0. The zero-order valence-electron chi connectivity index (χ0n) is 15.1. The molecule has 8 heteroatoms. The van der Waals surface area contributed by atoms with E-state index in [2.05, 4.69) is 22.1 Å². The van der Waals surface area contributed by atoms with Crippen LogP contribution in [0.2, 0.25) is 0 Å². The highest BCUT2D eigenvalue weighted by Crippen LogP contribution is 2.21. The Morgan fingerprint density at radius 1 is 1.32 bits per heavy atom. The molecule has 0 bridgehead atoms. The van der Waals surface area contributed by atoms with Gasteiger partial charge < -0.3 is 10.2 Å². The lowest BCUT2D eigenvalue weighted by Crippen LogP contribution is -2.47. The van der Waals surface area contributed by atoms with Crippen molar-refractivity contribution in [1.29, 1.82) is 0 Å². The number of hydrogen-bond donors (Lipinski definition) is 1. The second kappa shape index (κ2) is 10.6. The molecule has 0 radical (unpaired) electrons. The molecule has 1 unspecified atom stereocenters. The van der Waals surface area contributed by atoms with Crippen LogP contribution < -0.4 is 5.32 Å². The minimum absolute atomic E-state index is 0. The summed E-state index contributed by atoms with van der Waals surface area (Å²) in [7, 11) is -1.17. The van der Waals surface area contributed by atoms with Gasteiger partial charge >= 0.3 is 0 Å². The van der Waals surface area contributed by atoms with Crippen LogP contribution in [0.25, 0.3) is 0 Å². The van der Waals surface area contributed by atoms with Crippen molar-refractivity contribution in [1.82, 2.24) is 10.2 Å². The molecule has 0 aromatic heterocycles. The summed E-state index contributed by atoms with van der Waals surface area (Å²) in [4.78, 5) is 6.73. The van der Waals surface area contributed by atoms with Crippen LogP contribution in [0.1, 0.15) is 24.5 Å². The van der Waals surface area contributed by atoms with Crippen molar-refractivity contribution >= 4 is 51.5 Å². The van der Waals surface area contributed by atoms with Crippen molar-refractivity contribution in [2.45, 2.75) is 30.9 Å². The number of nitrogens with one attached hydrogen (secondary N) is 1. The smallest absolute Gasteiger partial charge is 0.193 e. The number of halogens is 1. The number of thioether (sulfide) groups is 1. The first-order valence-corrected chi connectivity index (χ1v) is 11.3. The quantitative estimate of drug-likeness (QED) is 0.385. The summed E-state index contributed by atoms with van der Waals surface area (Å²) in [6.45, 7) is 4.98. The highest BCUT2D eigenvalue weighted by Gasteiger charge is 2.21. The number of benzene rings is 1. The first-order chi connectivity index (χ1) is 11.4. The Hall–Kier alpha value is -0.480. The van der Waals surface area contributed by atoms with Crippen molar-refractivity contribution in [3.8, 4) is 0 Å². The van der Waals surface area contributed by atoms with E-state index in [4.69, 9.17) is 0 Å². The average Bonchev–Trinajstić information content (AvgIpc) is 2.56. The van der Waals surface area contributed by atoms with E-state index in [9.17, 15) is 8.42 Å². The highest BCUT2D eigenvalue weighted by atomic mass is 127. The van der Waals surface area contributed by atoms with Crippen molar-refractivity contribution in [2.75, 3.05) is 32.1 Å². The van der Waals surface area contributed by atoms with Gasteiger partial charge in [-0.3, -0.25) is 4.99 Å². The van der Waals surface area contributed by atoms with Gasteiger partial charge in [0.1, 0.15) is 0 Å². The molecular weight excluding hydrogens is 469 g/mol. The van der Waals surface area contributed by atoms with E-state index in [1.54, 1.807) is 0 Å². The number of aliphatic imine (C=N–C) groups is 1. The molecule has 1 saturated heterocycles. The molecule has 1 aliphatic rings. The molecule has 0 spiro atoms. The molecule has 0 saturated carbocycles. The highest BCUT2D eigenvalue weighted by molar-refractivity contribution is 14.0. The van der Waals surface area contributed by atoms with Crippen LogP contribution in [0.15, 0.2) is 29.3 Å². The van der Waals surface area contributed by atoms with Crippen molar-refractivity contribution < 1.29 is 8.42 Å². The van der Waals surface area contributed by atoms with Crippen LogP contribution in [-0.4, -0.2) is 56.7 Å². The topological polar surface area (TPSA) is 61.8 Å². The minimum atomic E-state index is -2.99.